The molecular weight excluding hydrogens is 218 g/mol. The van der Waals surface area contributed by atoms with Crippen molar-refractivity contribution in [2.75, 3.05) is 14.2 Å². The maximum absolute atomic E-state index is 11.6. The minimum Gasteiger partial charge on any atom is -0.496 e. The highest BCUT2D eigenvalue weighted by atomic mass is 16.5. The molecule has 0 amide bonds. The molecule has 0 unspecified atom stereocenters. The van der Waals surface area contributed by atoms with Crippen molar-refractivity contribution >= 4 is 5.97 Å². The Morgan fingerprint density at radius 2 is 2.18 bits per heavy atom. The maximum Gasteiger partial charge on any atom is 0.341 e. The van der Waals surface area contributed by atoms with Gasteiger partial charge in [0.15, 0.2) is 0 Å². The minimum absolute atomic E-state index is 0.366. The van der Waals surface area contributed by atoms with Crippen LogP contribution in [-0.4, -0.2) is 26.2 Å². The highest BCUT2D eigenvalue weighted by Crippen LogP contribution is 2.22. The van der Waals surface area contributed by atoms with E-state index in [9.17, 15) is 4.79 Å². The fourth-order valence-corrected chi connectivity index (χ4v) is 1.68. The van der Waals surface area contributed by atoms with Crippen LogP contribution in [0.4, 0.5) is 0 Å². The van der Waals surface area contributed by atoms with E-state index in [2.05, 4.69) is 5.32 Å². The SMILES string of the molecule is COC(=O)c1cc(CNC2CC2)ccc1OC. The Balaban J connectivity index is 2.14. The van der Waals surface area contributed by atoms with Gasteiger partial charge in [-0.2, -0.15) is 0 Å². The summed E-state index contributed by atoms with van der Waals surface area (Å²) >= 11 is 0. The number of hydrogen-bond donors (Lipinski definition) is 1. The Morgan fingerprint density at radius 3 is 2.76 bits per heavy atom. The Kier molecular flexibility index (Phi) is 3.64. The molecule has 1 aromatic rings. The van der Waals surface area contributed by atoms with Gasteiger partial charge in [-0.25, -0.2) is 4.79 Å². The summed E-state index contributed by atoms with van der Waals surface area (Å²) in [6, 6.07) is 6.23. The molecule has 92 valence electrons. The summed E-state index contributed by atoms with van der Waals surface area (Å²) in [5.74, 6) is 0.183. The van der Waals surface area contributed by atoms with Crippen LogP contribution < -0.4 is 10.1 Å². The first kappa shape index (κ1) is 11.9. The Labute approximate surface area is 101 Å². The Bertz CT molecular complexity index is 413. The van der Waals surface area contributed by atoms with E-state index in [1.165, 1.54) is 20.0 Å². The van der Waals surface area contributed by atoms with E-state index in [-0.39, 0.29) is 5.97 Å². The second-order valence-electron chi connectivity index (χ2n) is 4.18. The summed E-state index contributed by atoms with van der Waals surface area (Å²) in [5, 5.41) is 3.40. The monoisotopic (exact) mass is 235 g/mol. The number of hydrogen-bond acceptors (Lipinski definition) is 4. The van der Waals surface area contributed by atoms with Gasteiger partial charge < -0.3 is 14.8 Å². The predicted octanol–water partition coefficient (Wildman–Crippen LogP) is 1.73. The lowest BCUT2D eigenvalue weighted by Gasteiger charge is -2.09. The summed E-state index contributed by atoms with van der Waals surface area (Å²) in [4.78, 5) is 11.6. The van der Waals surface area contributed by atoms with E-state index in [4.69, 9.17) is 9.47 Å². The van der Waals surface area contributed by atoms with Gasteiger partial charge in [0.2, 0.25) is 0 Å². The van der Waals surface area contributed by atoms with Crippen LogP contribution in [0.25, 0.3) is 0 Å². The van der Waals surface area contributed by atoms with Crippen molar-refractivity contribution in [2.24, 2.45) is 0 Å². The van der Waals surface area contributed by atoms with E-state index < -0.39 is 0 Å². The van der Waals surface area contributed by atoms with Gasteiger partial charge in [0.05, 0.1) is 14.2 Å². The number of esters is 1. The second kappa shape index (κ2) is 5.19. The smallest absolute Gasteiger partial charge is 0.341 e. The zero-order chi connectivity index (χ0) is 12.3. The van der Waals surface area contributed by atoms with Crippen LogP contribution in [0.15, 0.2) is 18.2 Å². The fraction of sp³-hybridized carbons (Fsp3) is 0.462. The molecule has 0 aromatic heterocycles. The van der Waals surface area contributed by atoms with Crippen LogP contribution in [0.1, 0.15) is 28.8 Å². The van der Waals surface area contributed by atoms with E-state index in [1.54, 1.807) is 13.2 Å². The topological polar surface area (TPSA) is 47.6 Å². The van der Waals surface area contributed by atoms with Crippen molar-refractivity contribution in [3.63, 3.8) is 0 Å². The highest BCUT2D eigenvalue weighted by molar-refractivity contribution is 5.92. The number of methoxy groups -OCH3 is 2. The van der Waals surface area contributed by atoms with Gasteiger partial charge in [0.25, 0.3) is 0 Å². The number of carbonyl (C=O) groups excluding carboxylic acids is 1. The zero-order valence-electron chi connectivity index (χ0n) is 10.2. The van der Waals surface area contributed by atoms with Crippen LogP contribution in [0.3, 0.4) is 0 Å². The Hall–Kier alpha value is -1.55. The van der Waals surface area contributed by atoms with Gasteiger partial charge >= 0.3 is 5.97 Å². The summed E-state index contributed by atoms with van der Waals surface area (Å²) in [7, 11) is 2.92. The quantitative estimate of drug-likeness (QED) is 0.790. The number of carbonyl (C=O) groups is 1. The van der Waals surface area contributed by atoms with Gasteiger partial charge in [-0.1, -0.05) is 6.07 Å². The maximum atomic E-state index is 11.6. The van der Waals surface area contributed by atoms with Gasteiger partial charge in [-0.05, 0) is 30.5 Å². The summed E-state index contributed by atoms with van der Waals surface area (Å²) in [5.41, 5.74) is 1.54. The molecule has 1 aliphatic rings. The Morgan fingerprint density at radius 1 is 1.41 bits per heavy atom. The molecule has 0 saturated heterocycles. The molecular formula is C13H17NO3. The zero-order valence-corrected chi connectivity index (χ0v) is 10.2. The summed E-state index contributed by atoms with van der Waals surface area (Å²) in [6.45, 7) is 0.776. The van der Waals surface area contributed by atoms with Crippen LogP contribution in [0.5, 0.6) is 5.75 Å². The van der Waals surface area contributed by atoms with Crippen LogP contribution in [0.2, 0.25) is 0 Å². The van der Waals surface area contributed by atoms with Crippen molar-refractivity contribution in [1.82, 2.24) is 5.32 Å². The third-order valence-corrected chi connectivity index (χ3v) is 2.84. The fourth-order valence-electron chi connectivity index (χ4n) is 1.68. The van der Waals surface area contributed by atoms with Gasteiger partial charge in [-0.15, -0.1) is 0 Å². The molecule has 1 aromatic carbocycles. The standard InChI is InChI=1S/C13H17NO3/c1-16-12-6-3-9(8-14-10-4-5-10)7-11(12)13(15)17-2/h3,6-7,10,14H,4-5,8H2,1-2H3. The van der Waals surface area contributed by atoms with Crippen molar-refractivity contribution < 1.29 is 14.3 Å². The van der Waals surface area contributed by atoms with Crippen molar-refractivity contribution in [2.45, 2.75) is 25.4 Å². The van der Waals surface area contributed by atoms with Gasteiger partial charge in [0, 0.05) is 12.6 Å². The summed E-state index contributed by atoms with van der Waals surface area (Å²) < 4.78 is 9.87. The van der Waals surface area contributed by atoms with Gasteiger partial charge in [0.1, 0.15) is 11.3 Å². The molecule has 0 spiro atoms. The number of benzene rings is 1. The molecule has 0 aliphatic heterocycles. The largest absolute Gasteiger partial charge is 0.496 e. The lowest BCUT2D eigenvalue weighted by molar-refractivity contribution is 0.0597. The van der Waals surface area contributed by atoms with Crippen molar-refractivity contribution in [1.29, 1.82) is 0 Å². The van der Waals surface area contributed by atoms with Crippen LogP contribution in [0, 0.1) is 0 Å². The summed E-state index contributed by atoms with van der Waals surface area (Å²) in [6.07, 6.45) is 2.50. The third kappa shape index (κ3) is 2.97. The van der Waals surface area contributed by atoms with Crippen LogP contribution in [-0.2, 0) is 11.3 Å². The molecule has 1 aliphatic carbocycles. The molecule has 1 N–H and O–H groups in total. The molecule has 0 radical (unpaired) electrons. The van der Waals surface area contributed by atoms with Crippen molar-refractivity contribution in [3.8, 4) is 5.75 Å². The van der Waals surface area contributed by atoms with Crippen molar-refractivity contribution in [3.05, 3.63) is 29.3 Å². The van der Waals surface area contributed by atoms with E-state index in [1.807, 2.05) is 12.1 Å². The molecule has 1 saturated carbocycles. The first-order valence-corrected chi connectivity index (χ1v) is 5.73. The second-order valence-corrected chi connectivity index (χ2v) is 4.18. The molecule has 0 heterocycles. The molecule has 2 rings (SSSR count). The average molecular weight is 235 g/mol. The first-order chi connectivity index (χ1) is 8.24. The lowest BCUT2D eigenvalue weighted by Crippen LogP contribution is -2.16. The molecule has 4 heteroatoms. The van der Waals surface area contributed by atoms with Gasteiger partial charge in [-0.3, -0.25) is 0 Å². The highest BCUT2D eigenvalue weighted by Gasteiger charge is 2.20. The predicted molar refractivity (Wildman–Crippen MR) is 64.2 cm³/mol. The number of rotatable bonds is 5. The number of nitrogens with one attached hydrogen (secondary N) is 1. The molecule has 1 fully saturated rings. The average Bonchev–Trinajstić information content (AvgIpc) is 3.19. The minimum atomic E-state index is -0.366. The molecule has 17 heavy (non-hydrogen) atoms. The molecule has 0 atom stereocenters. The van der Waals surface area contributed by atoms with Crippen LogP contribution >= 0.6 is 0 Å². The first-order valence-electron chi connectivity index (χ1n) is 5.73. The third-order valence-electron chi connectivity index (χ3n) is 2.84. The van der Waals surface area contributed by atoms with E-state index in [0.29, 0.717) is 17.4 Å². The van der Waals surface area contributed by atoms with E-state index in [0.717, 1.165) is 12.1 Å². The van der Waals surface area contributed by atoms with E-state index >= 15 is 0 Å². The number of ether oxygens (including phenoxy) is 2. The molecule has 0 bridgehead atoms. The lowest BCUT2D eigenvalue weighted by atomic mass is 10.1. The molecule has 4 nitrogen and oxygen atoms in total. The normalized spacial score (nSPS) is 14.5.